The van der Waals surface area contributed by atoms with Crippen molar-refractivity contribution < 1.29 is 5.11 Å². The zero-order valence-electron chi connectivity index (χ0n) is 15.8. The van der Waals surface area contributed by atoms with Crippen LogP contribution in [0.1, 0.15) is 32.1 Å². The fraction of sp³-hybridized carbons (Fsp3) is 0.619. The van der Waals surface area contributed by atoms with E-state index in [1.54, 1.807) is 10.9 Å². The highest BCUT2D eigenvalue weighted by Gasteiger charge is 2.32. The van der Waals surface area contributed by atoms with Crippen molar-refractivity contribution in [1.29, 1.82) is 0 Å². The maximum absolute atomic E-state index is 12.7. The van der Waals surface area contributed by atoms with Crippen LogP contribution in [0.15, 0.2) is 29.3 Å². The molecule has 1 aliphatic heterocycles. The Morgan fingerprint density at radius 3 is 2.59 bits per heavy atom. The molecule has 2 unspecified atom stereocenters. The van der Waals surface area contributed by atoms with Gasteiger partial charge in [0, 0.05) is 44.5 Å². The van der Waals surface area contributed by atoms with Gasteiger partial charge < -0.3 is 10.0 Å². The second kappa shape index (κ2) is 6.91. The van der Waals surface area contributed by atoms with Crippen LogP contribution in [0.5, 0.6) is 0 Å². The number of fused-ring (bicyclic) bond motifs is 1. The van der Waals surface area contributed by atoms with E-state index in [0.29, 0.717) is 12.0 Å². The second-order valence-electron chi connectivity index (χ2n) is 8.44. The van der Waals surface area contributed by atoms with Gasteiger partial charge in [-0.1, -0.05) is 0 Å². The molecule has 2 atom stereocenters. The molecule has 27 heavy (non-hydrogen) atoms. The molecular formula is C21H28N4O2. The Balaban J connectivity index is 1.31. The van der Waals surface area contributed by atoms with E-state index in [-0.39, 0.29) is 11.7 Å². The summed E-state index contributed by atoms with van der Waals surface area (Å²) in [5, 5.41) is 10.9. The Morgan fingerprint density at radius 1 is 1.07 bits per heavy atom. The minimum atomic E-state index is -0.153. The first-order valence-electron chi connectivity index (χ1n) is 10.4. The van der Waals surface area contributed by atoms with Gasteiger partial charge in [0.05, 0.1) is 23.3 Å². The average molecular weight is 368 g/mol. The second-order valence-corrected chi connectivity index (χ2v) is 8.44. The number of rotatable bonds is 4. The normalized spacial score (nSPS) is 26.8. The number of benzene rings is 1. The highest BCUT2D eigenvalue weighted by atomic mass is 16.3. The Morgan fingerprint density at radius 2 is 1.89 bits per heavy atom. The zero-order valence-corrected chi connectivity index (χ0v) is 15.8. The summed E-state index contributed by atoms with van der Waals surface area (Å²) in [5.74, 6) is 0.663. The molecule has 6 nitrogen and oxygen atoms in total. The van der Waals surface area contributed by atoms with Gasteiger partial charge in [0.25, 0.3) is 5.56 Å². The van der Waals surface area contributed by atoms with Crippen molar-refractivity contribution in [3.8, 4) is 0 Å². The Hall–Kier alpha value is -1.92. The van der Waals surface area contributed by atoms with Gasteiger partial charge in [-0.25, -0.2) is 4.98 Å². The number of aromatic nitrogens is 2. The number of aliphatic hydroxyl groups excluding tert-OH is 1. The van der Waals surface area contributed by atoms with Gasteiger partial charge in [-0.05, 0) is 56.2 Å². The van der Waals surface area contributed by atoms with Gasteiger partial charge in [-0.15, -0.1) is 0 Å². The van der Waals surface area contributed by atoms with Crippen LogP contribution in [0, 0.1) is 5.92 Å². The largest absolute Gasteiger partial charge is 0.391 e. The van der Waals surface area contributed by atoms with Crippen molar-refractivity contribution in [3.05, 3.63) is 34.9 Å². The quantitative estimate of drug-likeness (QED) is 0.892. The lowest BCUT2D eigenvalue weighted by Crippen LogP contribution is -2.52. The van der Waals surface area contributed by atoms with E-state index in [4.69, 9.17) is 0 Å². The van der Waals surface area contributed by atoms with Crippen LogP contribution in [0.3, 0.4) is 0 Å². The lowest BCUT2D eigenvalue weighted by molar-refractivity contribution is 0.0671. The van der Waals surface area contributed by atoms with Gasteiger partial charge in [-0.2, -0.15) is 0 Å². The minimum Gasteiger partial charge on any atom is -0.391 e. The van der Waals surface area contributed by atoms with Crippen LogP contribution >= 0.6 is 0 Å². The van der Waals surface area contributed by atoms with E-state index in [2.05, 4.69) is 26.9 Å². The van der Waals surface area contributed by atoms with Crippen molar-refractivity contribution in [1.82, 2.24) is 14.5 Å². The molecule has 3 fully saturated rings. The monoisotopic (exact) mass is 368 g/mol. The first kappa shape index (κ1) is 17.2. The fourth-order valence-electron chi connectivity index (χ4n) is 4.71. The molecule has 1 saturated heterocycles. The SMILES string of the molecule is O=c1c2ccc(N3CCN(C4CCCC4O)CC3)cc2ncn1CC1CC1. The zero-order chi connectivity index (χ0) is 18.4. The van der Waals surface area contributed by atoms with Crippen LogP contribution in [0.4, 0.5) is 5.69 Å². The maximum Gasteiger partial charge on any atom is 0.261 e. The number of nitrogens with zero attached hydrogens (tertiary/aromatic N) is 4. The van der Waals surface area contributed by atoms with Crippen LogP contribution in [-0.4, -0.2) is 57.9 Å². The van der Waals surface area contributed by atoms with Gasteiger partial charge >= 0.3 is 0 Å². The fourth-order valence-corrected chi connectivity index (χ4v) is 4.71. The molecule has 5 rings (SSSR count). The summed E-state index contributed by atoms with van der Waals surface area (Å²) in [6.07, 6.45) is 7.22. The molecular weight excluding hydrogens is 340 g/mol. The number of piperazine rings is 1. The number of anilines is 1. The molecule has 3 aliphatic rings. The van der Waals surface area contributed by atoms with Gasteiger partial charge in [0.15, 0.2) is 0 Å². The van der Waals surface area contributed by atoms with Crippen LogP contribution in [0.2, 0.25) is 0 Å². The standard InChI is InChI=1S/C21H28N4O2/c26-20-3-1-2-19(20)24-10-8-23(9-11-24)16-6-7-17-18(12-16)22-14-25(21(17)27)13-15-4-5-15/h6-7,12,14-15,19-20,26H,1-5,8-11,13H2. The third-order valence-electron chi connectivity index (χ3n) is 6.55. The molecule has 2 heterocycles. The summed E-state index contributed by atoms with van der Waals surface area (Å²) in [4.78, 5) is 22.1. The van der Waals surface area contributed by atoms with Crippen molar-refractivity contribution in [2.24, 2.45) is 5.92 Å². The summed E-state index contributed by atoms with van der Waals surface area (Å²) in [6, 6.07) is 6.40. The van der Waals surface area contributed by atoms with E-state index in [1.165, 1.54) is 12.8 Å². The smallest absolute Gasteiger partial charge is 0.261 e. The molecule has 144 valence electrons. The molecule has 2 aliphatic carbocycles. The molecule has 2 saturated carbocycles. The van der Waals surface area contributed by atoms with E-state index in [1.807, 2.05) is 6.07 Å². The van der Waals surface area contributed by atoms with Crippen LogP contribution in [-0.2, 0) is 6.54 Å². The lowest BCUT2D eigenvalue weighted by Gasteiger charge is -2.40. The number of hydrogen-bond donors (Lipinski definition) is 1. The van der Waals surface area contributed by atoms with E-state index in [9.17, 15) is 9.90 Å². The number of hydrogen-bond acceptors (Lipinski definition) is 5. The number of aliphatic hydroxyl groups is 1. The first-order valence-corrected chi connectivity index (χ1v) is 10.4. The average Bonchev–Trinajstić information content (AvgIpc) is 3.42. The first-order chi connectivity index (χ1) is 13.2. The van der Waals surface area contributed by atoms with Crippen molar-refractivity contribution in [3.63, 3.8) is 0 Å². The van der Waals surface area contributed by atoms with E-state index >= 15 is 0 Å². The molecule has 2 aromatic rings. The van der Waals surface area contributed by atoms with Crippen molar-refractivity contribution >= 4 is 16.6 Å². The van der Waals surface area contributed by atoms with E-state index < -0.39 is 0 Å². The maximum atomic E-state index is 12.7. The molecule has 1 aromatic carbocycles. The van der Waals surface area contributed by atoms with Crippen molar-refractivity contribution in [2.75, 3.05) is 31.1 Å². The topological polar surface area (TPSA) is 61.6 Å². The molecule has 0 amide bonds. The third kappa shape index (κ3) is 3.36. The third-order valence-corrected chi connectivity index (χ3v) is 6.55. The summed E-state index contributed by atoms with van der Waals surface area (Å²) >= 11 is 0. The molecule has 0 spiro atoms. The Kier molecular flexibility index (Phi) is 4.40. The highest BCUT2D eigenvalue weighted by molar-refractivity contribution is 5.81. The molecule has 0 radical (unpaired) electrons. The van der Waals surface area contributed by atoms with Crippen LogP contribution < -0.4 is 10.5 Å². The summed E-state index contributed by atoms with van der Waals surface area (Å²) in [5.41, 5.74) is 2.01. The van der Waals surface area contributed by atoms with Gasteiger partial charge in [-0.3, -0.25) is 14.3 Å². The summed E-state index contributed by atoms with van der Waals surface area (Å²) in [6.45, 7) is 4.67. The molecule has 1 N–H and O–H groups in total. The van der Waals surface area contributed by atoms with Crippen molar-refractivity contribution in [2.45, 2.75) is 50.8 Å². The Labute approximate surface area is 159 Å². The predicted molar refractivity (Wildman–Crippen MR) is 106 cm³/mol. The predicted octanol–water partition coefficient (Wildman–Crippen LogP) is 1.84. The van der Waals surface area contributed by atoms with Gasteiger partial charge in [0.1, 0.15) is 0 Å². The summed E-state index contributed by atoms with van der Waals surface area (Å²) in [7, 11) is 0. The minimum absolute atomic E-state index is 0.0819. The van der Waals surface area contributed by atoms with Crippen LogP contribution in [0.25, 0.3) is 10.9 Å². The lowest BCUT2D eigenvalue weighted by atomic mass is 10.1. The highest BCUT2D eigenvalue weighted by Crippen LogP contribution is 2.30. The Bertz CT molecular complexity index is 883. The molecule has 0 bridgehead atoms. The molecule has 1 aromatic heterocycles. The molecule has 6 heteroatoms. The summed E-state index contributed by atoms with van der Waals surface area (Å²) < 4.78 is 1.77. The van der Waals surface area contributed by atoms with E-state index in [0.717, 1.165) is 68.6 Å². The van der Waals surface area contributed by atoms with Gasteiger partial charge in [0.2, 0.25) is 0 Å².